The van der Waals surface area contributed by atoms with Crippen molar-refractivity contribution in [2.75, 3.05) is 0 Å². The maximum Gasteiger partial charge on any atom is 0.359 e. The molecule has 0 atom stereocenters. The van der Waals surface area contributed by atoms with Crippen LogP contribution < -0.4 is 0 Å². The Balaban J connectivity index is 2.38. The molecule has 4 heteroatoms. The molecule has 1 aromatic carbocycles. The summed E-state index contributed by atoms with van der Waals surface area (Å²) in [6, 6.07) is 8.05. The van der Waals surface area contributed by atoms with Crippen LogP contribution in [0.4, 0.5) is 0 Å². The molecule has 0 aliphatic rings. The van der Waals surface area contributed by atoms with Crippen molar-refractivity contribution in [1.82, 2.24) is 9.97 Å². The Bertz CT molecular complexity index is 615. The van der Waals surface area contributed by atoms with Gasteiger partial charge in [-0.3, -0.25) is 0 Å². The van der Waals surface area contributed by atoms with Crippen molar-refractivity contribution in [2.45, 2.75) is 40.2 Å². The molecule has 0 saturated heterocycles. The molecule has 0 saturated carbocycles. The standard InChI is InChI=1S/C16H20N2O2/c1-5-12-8-6-7-9-13(12)15-17-11(4)14(18-15)16(19)20-10(2)3/h6-10H,5H2,1-4H3,(H,17,18). The van der Waals surface area contributed by atoms with E-state index in [9.17, 15) is 4.79 Å². The van der Waals surface area contributed by atoms with Crippen molar-refractivity contribution in [1.29, 1.82) is 0 Å². The summed E-state index contributed by atoms with van der Waals surface area (Å²) in [5.74, 6) is 0.338. The molecular weight excluding hydrogens is 252 g/mol. The van der Waals surface area contributed by atoms with E-state index in [1.54, 1.807) is 0 Å². The number of nitrogens with one attached hydrogen (secondary N) is 1. The normalized spacial score (nSPS) is 10.8. The summed E-state index contributed by atoms with van der Waals surface area (Å²) in [4.78, 5) is 19.6. The number of nitrogens with zero attached hydrogens (tertiary/aromatic N) is 1. The van der Waals surface area contributed by atoms with Crippen LogP contribution in [-0.4, -0.2) is 22.0 Å². The Kier molecular flexibility index (Phi) is 4.23. The van der Waals surface area contributed by atoms with Gasteiger partial charge in [-0.15, -0.1) is 0 Å². The minimum absolute atomic E-state index is 0.148. The molecular formula is C16H20N2O2. The lowest BCUT2D eigenvalue weighted by Gasteiger charge is -2.06. The molecule has 0 fully saturated rings. The number of esters is 1. The van der Waals surface area contributed by atoms with Crippen molar-refractivity contribution in [2.24, 2.45) is 0 Å². The van der Waals surface area contributed by atoms with E-state index in [0.29, 0.717) is 5.69 Å². The minimum atomic E-state index is -0.381. The first-order valence-corrected chi connectivity index (χ1v) is 6.88. The summed E-state index contributed by atoms with van der Waals surface area (Å²) < 4.78 is 5.20. The number of aryl methyl sites for hydroxylation is 2. The second-order valence-electron chi connectivity index (χ2n) is 5.02. The summed E-state index contributed by atoms with van der Waals surface area (Å²) in [5, 5.41) is 0. The highest BCUT2D eigenvalue weighted by Gasteiger charge is 2.18. The second-order valence-corrected chi connectivity index (χ2v) is 5.02. The molecule has 2 rings (SSSR count). The van der Waals surface area contributed by atoms with Gasteiger partial charge in [0.1, 0.15) is 5.82 Å². The number of rotatable bonds is 4. The van der Waals surface area contributed by atoms with E-state index >= 15 is 0 Å². The third-order valence-electron chi connectivity index (χ3n) is 3.07. The first kappa shape index (κ1) is 14.3. The number of benzene rings is 1. The molecule has 20 heavy (non-hydrogen) atoms. The van der Waals surface area contributed by atoms with Gasteiger partial charge >= 0.3 is 5.97 Å². The van der Waals surface area contributed by atoms with Gasteiger partial charge < -0.3 is 9.72 Å². The van der Waals surface area contributed by atoms with E-state index in [2.05, 4.69) is 23.0 Å². The highest BCUT2D eigenvalue weighted by atomic mass is 16.5. The van der Waals surface area contributed by atoms with Crippen LogP contribution in [0.2, 0.25) is 0 Å². The number of aromatic amines is 1. The molecule has 0 amide bonds. The van der Waals surface area contributed by atoms with E-state index in [1.165, 1.54) is 5.56 Å². The Labute approximate surface area is 119 Å². The summed E-state index contributed by atoms with van der Waals surface area (Å²) in [6.07, 6.45) is 0.770. The SMILES string of the molecule is CCc1ccccc1-c1nc(C(=O)OC(C)C)c(C)[nH]1. The van der Waals surface area contributed by atoms with Gasteiger partial charge in [-0.25, -0.2) is 9.78 Å². The second kappa shape index (κ2) is 5.90. The molecule has 0 unspecified atom stereocenters. The Hall–Kier alpha value is -2.10. The molecule has 1 aromatic heterocycles. The smallest absolute Gasteiger partial charge is 0.359 e. The van der Waals surface area contributed by atoms with Gasteiger partial charge in [0.15, 0.2) is 5.69 Å². The molecule has 0 bridgehead atoms. The van der Waals surface area contributed by atoms with Crippen molar-refractivity contribution >= 4 is 5.97 Å². The predicted molar refractivity (Wildman–Crippen MR) is 78.7 cm³/mol. The quantitative estimate of drug-likeness (QED) is 0.866. The third kappa shape index (κ3) is 2.90. The number of hydrogen-bond acceptors (Lipinski definition) is 3. The number of ether oxygens (including phenoxy) is 1. The largest absolute Gasteiger partial charge is 0.458 e. The minimum Gasteiger partial charge on any atom is -0.458 e. The number of carbonyl (C=O) groups is 1. The van der Waals surface area contributed by atoms with E-state index in [-0.39, 0.29) is 12.1 Å². The van der Waals surface area contributed by atoms with Crippen LogP contribution in [0.25, 0.3) is 11.4 Å². The Morgan fingerprint density at radius 1 is 1.35 bits per heavy atom. The van der Waals surface area contributed by atoms with Crippen molar-refractivity contribution < 1.29 is 9.53 Å². The van der Waals surface area contributed by atoms with E-state index in [0.717, 1.165) is 23.5 Å². The molecule has 0 aliphatic heterocycles. The first-order valence-electron chi connectivity index (χ1n) is 6.88. The topological polar surface area (TPSA) is 55.0 Å². The molecule has 0 radical (unpaired) electrons. The van der Waals surface area contributed by atoms with Crippen LogP contribution in [0.15, 0.2) is 24.3 Å². The highest BCUT2D eigenvalue weighted by molar-refractivity contribution is 5.89. The number of aromatic nitrogens is 2. The third-order valence-corrected chi connectivity index (χ3v) is 3.07. The predicted octanol–water partition coefficient (Wildman–Crippen LogP) is 3.51. The molecule has 2 aromatic rings. The molecule has 0 spiro atoms. The van der Waals surface area contributed by atoms with Crippen molar-refractivity contribution in [3.63, 3.8) is 0 Å². The molecule has 106 valence electrons. The van der Waals surface area contributed by atoms with E-state index in [1.807, 2.05) is 39.0 Å². The van der Waals surface area contributed by atoms with Gasteiger partial charge in [-0.1, -0.05) is 31.2 Å². The number of carbonyl (C=O) groups excluding carboxylic acids is 1. The molecule has 4 nitrogen and oxygen atoms in total. The fourth-order valence-corrected chi connectivity index (χ4v) is 2.12. The zero-order valence-electron chi connectivity index (χ0n) is 12.4. The summed E-state index contributed by atoms with van der Waals surface area (Å²) in [6.45, 7) is 7.59. The average molecular weight is 272 g/mol. The molecule has 1 heterocycles. The number of H-pyrrole nitrogens is 1. The average Bonchev–Trinajstić information content (AvgIpc) is 2.80. The van der Waals surface area contributed by atoms with Crippen LogP contribution >= 0.6 is 0 Å². The number of hydrogen-bond donors (Lipinski definition) is 1. The maximum atomic E-state index is 12.0. The van der Waals surface area contributed by atoms with Gasteiger partial charge in [0.25, 0.3) is 0 Å². The van der Waals surface area contributed by atoms with Crippen LogP contribution in [0, 0.1) is 6.92 Å². The van der Waals surface area contributed by atoms with Gasteiger partial charge in [-0.05, 0) is 32.8 Å². The fraction of sp³-hybridized carbons (Fsp3) is 0.375. The summed E-state index contributed by atoms with van der Waals surface area (Å²) in [5.41, 5.74) is 3.32. The highest BCUT2D eigenvalue weighted by Crippen LogP contribution is 2.23. The Morgan fingerprint density at radius 2 is 2.05 bits per heavy atom. The van der Waals surface area contributed by atoms with Gasteiger partial charge in [-0.2, -0.15) is 0 Å². The maximum absolute atomic E-state index is 12.0. The fourth-order valence-electron chi connectivity index (χ4n) is 2.12. The van der Waals surface area contributed by atoms with Crippen LogP contribution in [0.1, 0.15) is 42.5 Å². The molecule has 0 aliphatic carbocycles. The molecule has 1 N–H and O–H groups in total. The van der Waals surface area contributed by atoms with Crippen LogP contribution in [0.3, 0.4) is 0 Å². The zero-order valence-corrected chi connectivity index (χ0v) is 12.4. The lowest BCUT2D eigenvalue weighted by molar-refractivity contribution is 0.0370. The van der Waals surface area contributed by atoms with Crippen LogP contribution in [0.5, 0.6) is 0 Å². The summed E-state index contributed by atoms with van der Waals surface area (Å²) in [7, 11) is 0. The lowest BCUT2D eigenvalue weighted by Crippen LogP contribution is -2.13. The van der Waals surface area contributed by atoms with E-state index in [4.69, 9.17) is 4.74 Å². The van der Waals surface area contributed by atoms with Gasteiger partial charge in [0.2, 0.25) is 0 Å². The summed E-state index contributed by atoms with van der Waals surface area (Å²) >= 11 is 0. The zero-order chi connectivity index (χ0) is 14.7. The van der Waals surface area contributed by atoms with E-state index < -0.39 is 0 Å². The Morgan fingerprint density at radius 3 is 2.70 bits per heavy atom. The van der Waals surface area contributed by atoms with Crippen molar-refractivity contribution in [3.05, 3.63) is 41.2 Å². The lowest BCUT2D eigenvalue weighted by atomic mass is 10.1. The van der Waals surface area contributed by atoms with Gasteiger partial charge in [0.05, 0.1) is 6.10 Å². The van der Waals surface area contributed by atoms with Crippen molar-refractivity contribution in [3.8, 4) is 11.4 Å². The monoisotopic (exact) mass is 272 g/mol. The first-order chi connectivity index (χ1) is 9.52. The van der Waals surface area contributed by atoms with Crippen LogP contribution in [-0.2, 0) is 11.2 Å². The van der Waals surface area contributed by atoms with Gasteiger partial charge in [0, 0.05) is 11.3 Å². The number of imidazole rings is 1.